The Balaban J connectivity index is 1.59. The van der Waals surface area contributed by atoms with E-state index in [4.69, 9.17) is 0 Å². The van der Waals surface area contributed by atoms with Crippen LogP contribution >= 0.6 is 15.6 Å². The molecule has 0 spiro atoms. The Morgan fingerprint density at radius 2 is 1.04 bits per heavy atom. The van der Waals surface area contributed by atoms with Crippen LogP contribution in [0, 0.1) is 41.5 Å². The van der Waals surface area contributed by atoms with Crippen LogP contribution in [0.25, 0.3) is 11.1 Å². The second-order valence-electron chi connectivity index (χ2n) is 13.9. The molecule has 0 heterocycles. The van der Waals surface area contributed by atoms with Gasteiger partial charge in [-0.05, 0) is 91.6 Å². The second-order valence-corrected chi connectivity index (χ2v) is 17.7. The standard InChI is InChI=1S/C46H44O4P2/c1-30-25-32(3)42(33(4)26-30)44(47)46(51-49,37-18-9-7-10-19-37)41-24-16-15-23-40(41)39-22-14-13-17-36(39)29-52(50,38-20-11-8-12-21-38)45(48)43-34(5)27-31(2)28-35(43)6/h7-28H,29,51H2,1-6H3. The molecule has 6 rings (SSSR count). The fourth-order valence-corrected chi connectivity index (χ4v) is 11.5. The molecule has 0 bridgehead atoms. The quantitative estimate of drug-likeness (QED) is 0.0986. The molecule has 6 heteroatoms. The van der Waals surface area contributed by atoms with Gasteiger partial charge in [0.2, 0.25) is 5.52 Å². The summed E-state index contributed by atoms with van der Waals surface area (Å²) in [5.41, 5.74) is 9.41. The molecule has 0 saturated heterocycles. The number of Topliss-reactive ketones (excluding diaryl/α,β-unsaturated/α-hetero) is 1. The summed E-state index contributed by atoms with van der Waals surface area (Å²) in [6, 6.07) is 41.6. The second kappa shape index (κ2) is 15.0. The molecule has 0 N–H and O–H groups in total. The van der Waals surface area contributed by atoms with Crippen LogP contribution in [0.5, 0.6) is 0 Å². The summed E-state index contributed by atoms with van der Waals surface area (Å²) in [5.74, 6) is -0.223. The van der Waals surface area contributed by atoms with Crippen LogP contribution in [0.2, 0.25) is 0 Å². The Labute approximate surface area is 308 Å². The zero-order valence-electron chi connectivity index (χ0n) is 30.6. The molecule has 6 aromatic carbocycles. The number of hydrogen-bond acceptors (Lipinski definition) is 4. The zero-order valence-corrected chi connectivity index (χ0v) is 32.6. The summed E-state index contributed by atoms with van der Waals surface area (Å²) >= 11 is 0. The first-order valence-electron chi connectivity index (χ1n) is 17.5. The van der Waals surface area contributed by atoms with E-state index in [1.54, 1.807) is 12.1 Å². The maximum Gasteiger partial charge on any atom is 0.226 e. The predicted molar refractivity (Wildman–Crippen MR) is 217 cm³/mol. The minimum absolute atomic E-state index is 0.0280. The highest BCUT2D eigenvalue weighted by atomic mass is 31.2. The largest absolute Gasteiger partial charge is 0.328 e. The molecule has 0 saturated carbocycles. The third kappa shape index (κ3) is 6.63. The van der Waals surface area contributed by atoms with Crippen molar-refractivity contribution in [2.75, 3.05) is 0 Å². The van der Waals surface area contributed by atoms with Crippen molar-refractivity contribution in [3.8, 4) is 11.1 Å². The smallest absolute Gasteiger partial charge is 0.226 e. The Hall–Kier alpha value is -4.88. The lowest BCUT2D eigenvalue weighted by Gasteiger charge is -2.32. The van der Waals surface area contributed by atoms with Crippen molar-refractivity contribution in [1.29, 1.82) is 0 Å². The molecule has 0 aliphatic heterocycles. The van der Waals surface area contributed by atoms with E-state index < -0.39 is 20.8 Å². The molecule has 3 atom stereocenters. The summed E-state index contributed by atoms with van der Waals surface area (Å²) in [4.78, 5) is 29.9. The number of benzene rings is 6. The van der Waals surface area contributed by atoms with E-state index in [0.717, 1.165) is 38.9 Å². The minimum Gasteiger partial charge on any atom is -0.328 e. The number of ketones is 1. The molecule has 0 amide bonds. The monoisotopic (exact) mass is 722 g/mol. The Bertz CT molecular complexity index is 2330. The fourth-order valence-electron chi connectivity index (χ4n) is 7.90. The van der Waals surface area contributed by atoms with E-state index >= 15 is 9.36 Å². The highest BCUT2D eigenvalue weighted by Gasteiger charge is 2.45. The van der Waals surface area contributed by atoms with Crippen molar-refractivity contribution in [3.63, 3.8) is 0 Å². The van der Waals surface area contributed by atoms with Gasteiger partial charge in [-0.1, -0.05) is 145 Å². The summed E-state index contributed by atoms with van der Waals surface area (Å²) < 4.78 is 29.6. The van der Waals surface area contributed by atoms with Crippen LogP contribution in [0.15, 0.2) is 133 Å². The van der Waals surface area contributed by atoms with Crippen molar-refractivity contribution in [1.82, 2.24) is 0 Å². The van der Waals surface area contributed by atoms with Crippen LogP contribution in [0.1, 0.15) is 70.8 Å². The van der Waals surface area contributed by atoms with Crippen LogP contribution in [-0.2, 0) is 20.4 Å². The maximum absolute atomic E-state index is 15.6. The maximum atomic E-state index is 15.6. The van der Waals surface area contributed by atoms with E-state index in [9.17, 15) is 9.36 Å². The SMILES string of the molecule is Cc1cc(C)c(C(=O)C([PH2]=O)(c2ccccc2)c2ccccc2-c2ccccc2CP(=O)(C(=O)c2c(C)cc(C)cc2C)c2ccccc2)c(C)c1. The van der Waals surface area contributed by atoms with Gasteiger partial charge in [0.25, 0.3) is 0 Å². The highest BCUT2D eigenvalue weighted by molar-refractivity contribution is 7.86. The molecule has 6 aromatic rings. The van der Waals surface area contributed by atoms with Gasteiger partial charge >= 0.3 is 0 Å². The third-order valence-electron chi connectivity index (χ3n) is 10.1. The zero-order chi connectivity index (χ0) is 37.2. The van der Waals surface area contributed by atoms with Crippen molar-refractivity contribution in [2.24, 2.45) is 0 Å². The van der Waals surface area contributed by atoms with Gasteiger partial charge in [0, 0.05) is 22.6 Å². The van der Waals surface area contributed by atoms with Crippen LogP contribution in [0.3, 0.4) is 0 Å². The van der Waals surface area contributed by atoms with Crippen molar-refractivity contribution in [3.05, 3.63) is 195 Å². The van der Waals surface area contributed by atoms with Gasteiger partial charge in [0.15, 0.2) is 12.9 Å². The van der Waals surface area contributed by atoms with E-state index in [1.165, 1.54) is 0 Å². The van der Waals surface area contributed by atoms with Crippen molar-refractivity contribution >= 4 is 32.2 Å². The van der Waals surface area contributed by atoms with Gasteiger partial charge in [-0.15, -0.1) is 0 Å². The molecule has 4 nitrogen and oxygen atoms in total. The molecular formula is C46H44O4P2. The molecule has 52 heavy (non-hydrogen) atoms. The normalized spacial score (nSPS) is 13.8. The lowest BCUT2D eigenvalue weighted by atomic mass is 9.78. The first-order chi connectivity index (χ1) is 24.9. The van der Waals surface area contributed by atoms with E-state index in [-0.39, 0.29) is 17.5 Å². The summed E-state index contributed by atoms with van der Waals surface area (Å²) in [5, 5.41) is -1.00. The Morgan fingerprint density at radius 1 is 0.577 bits per heavy atom. The molecule has 0 radical (unpaired) electrons. The number of hydrogen-bond donors (Lipinski definition) is 0. The van der Waals surface area contributed by atoms with E-state index in [1.807, 2.05) is 163 Å². The Morgan fingerprint density at radius 3 is 1.60 bits per heavy atom. The molecule has 0 fully saturated rings. The molecular weight excluding hydrogens is 678 g/mol. The molecule has 262 valence electrons. The van der Waals surface area contributed by atoms with Crippen molar-refractivity contribution < 1.29 is 18.7 Å². The van der Waals surface area contributed by atoms with Crippen LogP contribution < -0.4 is 5.30 Å². The topological polar surface area (TPSA) is 68.3 Å². The summed E-state index contributed by atoms with van der Waals surface area (Å²) in [6.07, 6.45) is -0.0280. The minimum atomic E-state index is -3.79. The number of carbonyl (C=O) groups is 2. The third-order valence-corrected chi connectivity index (χ3v) is 14.2. The van der Waals surface area contributed by atoms with Gasteiger partial charge in [-0.3, -0.25) is 9.59 Å². The van der Waals surface area contributed by atoms with E-state index in [2.05, 4.69) is 0 Å². The molecule has 3 unspecified atom stereocenters. The van der Waals surface area contributed by atoms with Gasteiger partial charge in [0.05, 0.1) is 8.46 Å². The van der Waals surface area contributed by atoms with Gasteiger partial charge in [-0.25, -0.2) is 0 Å². The summed E-state index contributed by atoms with van der Waals surface area (Å²) in [6.45, 7) is 11.7. The van der Waals surface area contributed by atoms with Crippen LogP contribution in [0.4, 0.5) is 0 Å². The van der Waals surface area contributed by atoms with Crippen molar-refractivity contribution in [2.45, 2.75) is 52.9 Å². The number of rotatable bonds is 11. The number of carbonyl (C=O) groups excluding carboxylic acids is 2. The molecule has 0 aliphatic rings. The lowest BCUT2D eigenvalue weighted by Crippen LogP contribution is -2.33. The summed E-state index contributed by atoms with van der Waals surface area (Å²) in [7, 11) is -5.52. The Kier molecular flexibility index (Phi) is 10.6. The van der Waals surface area contributed by atoms with Gasteiger partial charge < -0.3 is 9.13 Å². The first kappa shape index (κ1) is 36.9. The average Bonchev–Trinajstić information content (AvgIpc) is 3.12. The molecule has 0 aromatic heterocycles. The van der Waals surface area contributed by atoms with E-state index in [0.29, 0.717) is 38.7 Å². The fraction of sp³-hybridized carbons (Fsp3) is 0.174. The average molecular weight is 723 g/mol. The number of aryl methyl sites for hydroxylation is 6. The molecule has 0 aliphatic carbocycles. The lowest BCUT2D eigenvalue weighted by molar-refractivity contribution is 0.0955. The van der Waals surface area contributed by atoms with Gasteiger partial charge in [-0.2, -0.15) is 0 Å². The highest BCUT2D eigenvalue weighted by Crippen LogP contribution is 2.54. The first-order valence-corrected chi connectivity index (χ1v) is 20.5. The van der Waals surface area contributed by atoms with Crippen LogP contribution in [-0.4, -0.2) is 11.3 Å². The predicted octanol–water partition coefficient (Wildman–Crippen LogP) is 11.1. The van der Waals surface area contributed by atoms with Gasteiger partial charge in [0.1, 0.15) is 5.16 Å².